The number of carbonyl (C=O) groups is 1. The average molecular weight is 304 g/mol. The van der Waals surface area contributed by atoms with Crippen LogP contribution < -0.4 is 10.1 Å². The predicted molar refractivity (Wildman–Crippen MR) is 89.1 cm³/mol. The third-order valence-corrected chi connectivity index (χ3v) is 4.35. The average Bonchev–Trinajstić information content (AvgIpc) is 2.83. The first-order valence-electron chi connectivity index (χ1n) is 8.45. The van der Waals surface area contributed by atoms with Gasteiger partial charge in [-0.05, 0) is 57.0 Å². The van der Waals surface area contributed by atoms with Gasteiger partial charge in [0, 0.05) is 12.6 Å². The van der Waals surface area contributed by atoms with E-state index in [-0.39, 0.29) is 0 Å². The number of hydrogen-bond donors (Lipinski definition) is 1. The summed E-state index contributed by atoms with van der Waals surface area (Å²) in [7, 11) is 0. The molecule has 1 atom stereocenters. The van der Waals surface area contributed by atoms with Gasteiger partial charge < -0.3 is 10.1 Å². The van der Waals surface area contributed by atoms with Crippen molar-refractivity contribution in [2.24, 2.45) is 0 Å². The van der Waals surface area contributed by atoms with Gasteiger partial charge in [-0.25, -0.2) is 0 Å². The first-order valence-corrected chi connectivity index (χ1v) is 8.45. The molecular weight excluding hydrogens is 276 g/mol. The Bertz CT molecular complexity index is 442. The van der Waals surface area contributed by atoms with E-state index in [1.165, 1.54) is 44.3 Å². The molecule has 1 heterocycles. The van der Waals surface area contributed by atoms with E-state index in [4.69, 9.17) is 4.74 Å². The van der Waals surface area contributed by atoms with E-state index in [9.17, 15) is 4.79 Å². The van der Waals surface area contributed by atoms with Gasteiger partial charge in [-0.15, -0.1) is 0 Å². The Morgan fingerprint density at radius 2 is 2.05 bits per heavy atom. The van der Waals surface area contributed by atoms with Gasteiger partial charge in [0.15, 0.2) is 0 Å². The predicted octanol–water partition coefficient (Wildman–Crippen LogP) is 3.14. The maximum Gasteiger partial charge on any atom is 0.207 e. The molecule has 1 aliphatic heterocycles. The third-order valence-electron chi connectivity index (χ3n) is 4.35. The highest BCUT2D eigenvalue weighted by Gasteiger charge is 2.17. The van der Waals surface area contributed by atoms with Crippen LogP contribution in [0.1, 0.15) is 50.6 Å². The molecule has 4 nitrogen and oxygen atoms in total. The molecule has 4 heteroatoms. The van der Waals surface area contributed by atoms with Gasteiger partial charge in [-0.2, -0.15) is 0 Å². The lowest BCUT2D eigenvalue weighted by atomic mass is 10.1. The largest absolute Gasteiger partial charge is 0.494 e. The number of nitrogens with zero attached hydrogens (tertiary/aromatic N) is 1. The molecule has 2 rings (SSSR count). The van der Waals surface area contributed by atoms with Crippen molar-refractivity contribution in [1.82, 2.24) is 10.2 Å². The van der Waals surface area contributed by atoms with E-state index >= 15 is 0 Å². The van der Waals surface area contributed by atoms with Crippen LogP contribution in [0, 0.1) is 0 Å². The number of ether oxygens (including phenoxy) is 1. The van der Waals surface area contributed by atoms with Crippen molar-refractivity contribution in [1.29, 1.82) is 0 Å². The second-order valence-corrected chi connectivity index (χ2v) is 5.97. The van der Waals surface area contributed by atoms with Crippen molar-refractivity contribution in [3.8, 4) is 5.75 Å². The van der Waals surface area contributed by atoms with Crippen LogP contribution in [0.4, 0.5) is 0 Å². The van der Waals surface area contributed by atoms with Crippen LogP contribution in [0.25, 0.3) is 0 Å². The minimum absolute atomic E-state index is 0.443. The molecule has 1 N–H and O–H groups in total. The Morgan fingerprint density at radius 3 is 2.77 bits per heavy atom. The molecule has 122 valence electrons. The summed E-state index contributed by atoms with van der Waals surface area (Å²) in [5, 5.41) is 2.65. The molecule has 1 unspecified atom stereocenters. The maximum absolute atomic E-state index is 10.2. The summed E-state index contributed by atoms with van der Waals surface area (Å²) in [6, 6.07) is 8.87. The quantitative estimate of drug-likeness (QED) is 0.592. The van der Waals surface area contributed by atoms with Crippen molar-refractivity contribution in [3.05, 3.63) is 29.8 Å². The summed E-state index contributed by atoms with van der Waals surface area (Å²) in [4.78, 5) is 12.8. The van der Waals surface area contributed by atoms with Crippen LogP contribution >= 0.6 is 0 Å². The Kier molecular flexibility index (Phi) is 7.23. The second kappa shape index (κ2) is 9.46. The Balaban J connectivity index is 1.87. The van der Waals surface area contributed by atoms with Gasteiger partial charge in [0.1, 0.15) is 5.75 Å². The zero-order chi connectivity index (χ0) is 15.6. The number of nitrogens with one attached hydrogen (secondary N) is 1. The Morgan fingerprint density at radius 1 is 1.27 bits per heavy atom. The van der Waals surface area contributed by atoms with Gasteiger partial charge in [-0.3, -0.25) is 9.69 Å². The highest BCUT2D eigenvalue weighted by Crippen LogP contribution is 2.26. The highest BCUT2D eigenvalue weighted by molar-refractivity contribution is 5.45. The topological polar surface area (TPSA) is 41.6 Å². The van der Waals surface area contributed by atoms with Crippen LogP contribution in [0.15, 0.2) is 24.3 Å². The lowest BCUT2D eigenvalue weighted by molar-refractivity contribution is -0.109. The second-order valence-electron chi connectivity index (χ2n) is 5.97. The van der Waals surface area contributed by atoms with Crippen LogP contribution in [-0.4, -0.2) is 37.6 Å². The fourth-order valence-electron chi connectivity index (χ4n) is 2.98. The molecule has 0 radical (unpaired) electrons. The van der Waals surface area contributed by atoms with Gasteiger partial charge in [0.05, 0.1) is 6.61 Å². The maximum atomic E-state index is 10.2. The molecule has 1 aromatic carbocycles. The molecule has 1 saturated heterocycles. The lowest BCUT2D eigenvalue weighted by Crippen LogP contribution is -2.27. The molecule has 1 aromatic rings. The lowest BCUT2D eigenvalue weighted by Gasteiger charge is -2.28. The number of amides is 1. The third kappa shape index (κ3) is 5.34. The van der Waals surface area contributed by atoms with Gasteiger partial charge in [0.25, 0.3) is 0 Å². The number of carbonyl (C=O) groups excluding carboxylic acids is 1. The SMILES string of the molecule is CC(c1cccc(OCCCNC=O)c1)N1CCCCCC1. The minimum Gasteiger partial charge on any atom is -0.494 e. The first kappa shape index (κ1) is 16.8. The van der Waals surface area contributed by atoms with Crippen LogP contribution in [-0.2, 0) is 4.79 Å². The van der Waals surface area contributed by atoms with Crippen LogP contribution in [0.3, 0.4) is 0 Å². The van der Waals surface area contributed by atoms with Crippen molar-refractivity contribution >= 4 is 6.41 Å². The summed E-state index contributed by atoms with van der Waals surface area (Å²) < 4.78 is 5.78. The van der Waals surface area contributed by atoms with Gasteiger partial charge >= 0.3 is 0 Å². The summed E-state index contributed by atoms with van der Waals surface area (Å²) in [5.74, 6) is 0.922. The Hall–Kier alpha value is -1.55. The summed E-state index contributed by atoms with van der Waals surface area (Å²) in [5.41, 5.74) is 1.32. The van der Waals surface area contributed by atoms with Crippen molar-refractivity contribution in [3.63, 3.8) is 0 Å². The van der Waals surface area contributed by atoms with Crippen molar-refractivity contribution in [2.75, 3.05) is 26.2 Å². The molecule has 0 aliphatic carbocycles. The van der Waals surface area contributed by atoms with E-state index in [1.807, 2.05) is 6.07 Å². The molecule has 0 aromatic heterocycles. The zero-order valence-corrected chi connectivity index (χ0v) is 13.6. The number of benzene rings is 1. The fourth-order valence-corrected chi connectivity index (χ4v) is 2.98. The van der Waals surface area contributed by atoms with Gasteiger partial charge in [-0.1, -0.05) is 25.0 Å². The summed E-state index contributed by atoms with van der Waals surface area (Å²) >= 11 is 0. The molecule has 22 heavy (non-hydrogen) atoms. The molecular formula is C18H28N2O2. The normalized spacial score (nSPS) is 17.5. The molecule has 0 saturated carbocycles. The first-order chi connectivity index (χ1) is 10.8. The van der Waals surface area contributed by atoms with Crippen LogP contribution in [0.5, 0.6) is 5.75 Å². The van der Waals surface area contributed by atoms with Crippen molar-refractivity contribution in [2.45, 2.75) is 45.1 Å². The smallest absolute Gasteiger partial charge is 0.207 e. The molecule has 1 amide bonds. The van der Waals surface area contributed by atoms with Gasteiger partial charge in [0.2, 0.25) is 6.41 Å². The van der Waals surface area contributed by atoms with Crippen molar-refractivity contribution < 1.29 is 9.53 Å². The zero-order valence-electron chi connectivity index (χ0n) is 13.6. The molecule has 0 spiro atoms. The molecule has 1 aliphatic rings. The summed E-state index contributed by atoms with van der Waals surface area (Å²) in [6.07, 6.45) is 6.89. The molecule has 1 fully saturated rings. The fraction of sp³-hybridized carbons (Fsp3) is 0.611. The van der Waals surface area contributed by atoms with E-state index < -0.39 is 0 Å². The standard InChI is InChI=1S/C18H28N2O2/c1-16(20-11-4-2-3-5-12-20)17-8-6-9-18(14-17)22-13-7-10-19-15-21/h6,8-9,14-16H,2-5,7,10-13H2,1H3,(H,19,21). The monoisotopic (exact) mass is 304 g/mol. The van der Waals surface area contributed by atoms with E-state index in [1.54, 1.807) is 0 Å². The highest BCUT2D eigenvalue weighted by atomic mass is 16.5. The van der Waals surface area contributed by atoms with Crippen LogP contribution in [0.2, 0.25) is 0 Å². The number of rotatable bonds is 8. The minimum atomic E-state index is 0.443. The van der Waals surface area contributed by atoms with E-state index in [0.717, 1.165) is 18.6 Å². The molecule has 0 bridgehead atoms. The number of hydrogen-bond acceptors (Lipinski definition) is 3. The number of likely N-dealkylation sites (tertiary alicyclic amines) is 1. The van der Waals surface area contributed by atoms with E-state index in [2.05, 4.69) is 35.3 Å². The Labute approximate surface area is 133 Å². The van der Waals surface area contributed by atoms with E-state index in [0.29, 0.717) is 19.2 Å². The summed E-state index contributed by atoms with van der Waals surface area (Å²) in [6.45, 7) is 5.97.